The maximum atomic E-state index is 10.1. The molecule has 0 radical (unpaired) electrons. The van der Waals surface area contributed by atoms with E-state index < -0.39 is 0 Å². The minimum absolute atomic E-state index is 0.333. The zero-order chi connectivity index (χ0) is 22.3. The fourth-order valence-corrected chi connectivity index (χ4v) is 3.84. The van der Waals surface area contributed by atoms with Gasteiger partial charge in [0.15, 0.2) is 5.96 Å². The van der Waals surface area contributed by atoms with Crippen LogP contribution in [0.15, 0.2) is 64.2 Å². The lowest BCUT2D eigenvalue weighted by atomic mass is 10.1. The number of aliphatic imine (C=N–C) groups is 1. The molecule has 0 amide bonds. The normalized spacial score (nSPS) is 14.6. The SMILES string of the molecule is CCNC(=NCCc1coc(-c2ccc(C)cc2)n1)N1CCN(c2ccccc2O)CC1. The van der Waals surface area contributed by atoms with Gasteiger partial charge in [-0.25, -0.2) is 4.98 Å². The van der Waals surface area contributed by atoms with Crippen LogP contribution in [0.4, 0.5) is 5.69 Å². The summed E-state index contributed by atoms with van der Waals surface area (Å²) in [5.74, 6) is 1.90. The first-order chi connectivity index (χ1) is 15.6. The number of guanidine groups is 1. The number of hydrogen-bond acceptors (Lipinski definition) is 5. The number of phenolic OH excluding ortho intramolecular Hbond substituents is 1. The van der Waals surface area contributed by atoms with Gasteiger partial charge in [0.05, 0.1) is 11.4 Å². The van der Waals surface area contributed by atoms with Crippen molar-refractivity contribution in [3.05, 3.63) is 66.1 Å². The molecule has 0 bridgehead atoms. The van der Waals surface area contributed by atoms with Gasteiger partial charge in [0, 0.05) is 51.3 Å². The van der Waals surface area contributed by atoms with Gasteiger partial charge in [-0.2, -0.15) is 0 Å². The summed E-state index contributed by atoms with van der Waals surface area (Å²) >= 11 is 0. The van der Waals surface area contributed by atoms with Crippen LogP contribution in [-0.4, -0.2) is 60.2 Å². The maximum Gasteiger partial charge on any atom is 0.226 e. The minimum atomic E-state index is 0.333. The van der Waals surface area contributed by atoms with Crippen molar-refractivity contribution < 1.29 is 9.52 Å². The number of hydrogen-bond donors (Lipinski definition) is 2. The van der Waals surface area contributed by atoms with Gasteiger partial charge in [-0.1, -0.05) is 29.8 Å². The number of nitrogens with zero attached hydrogens (tertiary/aromatic N) is 4. The Morgan fingerprint density at radius 3 is 2.56 bits per heavy atom. The number of benzene rings is 2. The summed E-state index contributed by atoms with van der Waals surface area (Å²) < 4.78 is 5.66. The van der Waals surface area contributed by atoms with E-state index in [0.717, 1.165) is 62.0 Å². The van der Waals surface area contributed by atoms with Gasteiger partial charge >= 0.3 is 0 Å². The van der Waals surface area contributed by atoms with E-state index in [1.165, 1.54) is 5.56 Å². The van der Waals surface area contributed by atoms with Gasteiger partial charge < -0.3 is 24.6 Å². The Morgan fingerprint density at radius 2 is 1.84 bits per heavy atom. The molecule has 2 heterocycles. The molecular formula is C25H31N5O2. The average molecular weight is 434 g/mol. The summed E-state index contributed by atoms with van der Waals surface area (Å²) in [6.07, 6.45) is 2.45. The zero-order valence-corrected chi connectivity index (χ0v) is 18.8. The van der Waals surface area contributed by atoms with Crippen molar-refractivity contribution in [2.45, 2.75) is 20.3 Å². The molecule has 2 N–H and O–H groups in total. The molecule has 0 unspecified atom stereocenters. The van der Waals surface area contributed by atoms with Crippen molar-refractivity contribution in [1.82, 2.24) is 15.2 Å². The van der Waals surface area contributed by atoms with E-state index >= 15 is 0 Å². The lowest BCUT2D eigenvalue weighted by Gasteiger charge is -2.37. The molecule has 0 atom stereocenters. The molecule has 1 aliphatic rings. The fourth-order valence-electron chi connectivity index (χ4n) is 3.84. The molecule has 4 rings (SSSR count). The number of para-hydroxylation sites is 2. The quantitative estimate of drug-likeness (QED) is 0.456. The molecular weight excluding hydrogens is 402 g/mol. The van der Waals surface area contributed by atoms with Crippen molar-refractivity contribution in [2.24, 2.45) is 4.99 Å². The van der Waals surface area contributed by atoms with E-state index in [0.29, 0.717) is 18.2 Å². The van der Waals surface area contributed by atoms with Gasteiger partial charge in [-0.15, -0.1) is 0 Å². The second-order valence-electron chi connectivity index (χ2n) is 7.96. The molecule has 2 aromatic carbocycles. The van der Waals surface area contributed by atoms with Crippen LogP contribution in [0, 0.1) is 6.92 Å². The standard InChI is InChI=1S/C25H31N5O2/c1-3-26-25(30-16-14-29(15-17-30)22-6-4-5-7-23(22)31)27-13-12-21-18-32-24(28-21)20-10-8-19(2)9-11-20/h4-11,18,31H,3,12-17H2,1-2H3,(H,26,27). The Morgan fingerprint density at radius 1 is 1.09 bits per heavy atom. The van der Waals surface area contributed by atoms with E-state index in [4.69, 9.17) is 9.41 Å². The van der Waals surface area contributed by atoms with Crippen molar-refractivity contribution >= 4 is 11.6 Å². The highest BCUT2D eigenvalue weighted by atomic mass is 16.3. The number of phenols is 1. The topological polar surface area (TPSA) is 77.1 Å². The summed E-state index contributed by atoms with van der Waals surface area (Å²) in [5, 5.41) is 13.5. The largest absolute Gasteiger partial charge is 0.506 e. The van der Waals surface area contributed by atoms with E-state index in [9.17, 15) is 5.11 Å². The Labute approximate surface area is 189 Å². The number of aromatic nitrogens is 1. The molecule has 7 heteroatoms. The highest BCUT2D eigenvalue weighted by Crippen LogP contribution is 2.27. The molecule has 3 aromatic rings. The van der Waals surface area contributed by atoms with Crippen LogP contribution in [0.1, 0.15) is 18.2 Å². The second-order valence-corrected chi connectivity index (χ2v) is 7.96. The molecule has 32 heavy (non-hydrogen) atoms. The average Bonchev–Trinajstić information content (AvgIpc) is 3.28. The molecule has 1 fully saturated rings. The number of anilines is 1. The maximum absolute atomic E-state index is 10.1. The van der Waals surface area contributed by atoms with Crippen LogP contribution in [0.2, 0.25) is 0 Å². The molecule has 0 aliphatic carbocycles. The molecule has 1 saturated heterocycles. The van der Waals surface area contributed by atoms with Crippen LogP contribution in [0.3, 0.4) is 0 Å². The molecule has 1 aliphatic heterocycles. The van der Waals surface area contributed by atoms with E-state index in [-0.39, 0.29) is 0 Å². The molecule has 0 spiro atoms. The van der Waals surface area contributed by atoms with Crippen molar-refractivity contribution in [3.8, 4) is 17.2 Å². The molecule has 7 nitrogen and oxygen atoms in total. The monoisotopic (exact) mass is 433 g/mol. The number of oxazole rings is 1. The van der Waals surface area contributed by atoms with Gasteiger partial charge in [0.2, 0.25) is 5.89 Å². The summed E-state index contributed by atoms with van der Waals surface area (Å²) in [6.45, 7) is 8.98. The van der Waals surface area contributed by atoms with Crippen LogP contribution in [0.25, 0.3) is 11.5 Å². The molecule has 1 aromatic heterocycles. The van der Waals surface area contributed by atoms with Crippen LogP contribution in [0.5, 0.6) is 5.75 Å². The Bertz CT molecular complexity index is 1040. The van der Waals surface area contributed by atoms with Crippen molar-refractivity contribution in [3.63, 3.8) is 0 Å². The van der Waals surface area contributed by atoms with Crippen LogP contribution < -0.4 is 10.2 Å². The van der Waals surface area contributed by atoms with E-state index in [2.05, 4.69) is 46.1 Å². The second kappa shape index (κ2) is 10.2. The molecule has 168 valence electrons. The van der Waals surface area contributed by atoms with Crippen LogP contribution in [-0.2, 0) is 6.42 Å². The van der Waals surface area contributed by atoms with Crippen LogP contribution >= 0.6 is 0 Å². The summed E-state index contributed by atoms with van der Waals surface area (Å²) in [6, 6.07) is 15.7. The van der Waals surface area contributed by atoms with E-state index in [1.807, 2.05) is 30.3 Å². The molecule has 0 saturated carbocycles. The minimum Gasteiger partial charge on any atom is -0.506 e. The first kappa shape index (κ1) is 21.7. The lowest BCUT2D eigenvalue weighted by molar-refractivity contribution is 0.370. The third-order valence-corrected chi connectivity index (χ3v) is 5.62. The predicted octanol–water partition coefficient (Wildman–Crippen LogP) is 3.69. The first-order valence-corrected chi connectivity index (χ1v) is 11.2. The number of aryl methyl sites for hydroxylation is 1. The zero-order valence-electron chi connectivity index (χ0n) is 18.8. The summed E-state index contributed by atoms with van der Waals surface area (Å²) in [7, 11) is 0. The van der Waals surface area contributed by atoms with Gasteiger partial charge in [0.25, 0.3) is 0 Å². The van der Waals surface area contributed by atoms with E-state index in [1.54, 1.807) is 12.3 Å². The van der Waals surface area contributed by atoms with Gasteiger partial charge in [0.1, 0.15) is 12.0 Å². The number of nitrogens with one attached hydrogen (secondary N) is 1. The highest BCUT2D eigenvalue weighted by Gasteiger charge is 2.21. The fraction of sp³-hybridized carbons (Fsp3) is 0.360. The van der Waals surface area contributed by atoms with Gasteiger partial charge in [-0.05, 0) is 38.1 Å². The Kier molecular flexibility index (Phi) is 6.94. The third-order valence-electron chi connectivity index (χ3n) is 5.62. The third kappa shape index (κ3) is 5.22. The lowest BCUT2D eigenvalue weighted by Crippen LogP contribution is -2.52. The number of aromatic hydroxyl groups is 1. The smallest absolute Gasteiger partial charge is 0.226 e. The number of rotatable bonds is 6. The van der Waals surface area contributed by atoms with Crippen molar-refractivity contribution in [2.75, 3.05) is 44.2 Å². The Balaban J connectivity index is 1.34. The van der Waals surface area contributed by atoms with Gasteiger partial charge in [-0.3, -0.25) is 4.99 Å². The predicted molar refractivity (Wildman–Crippen MR) is 128 cm³/mol. The first-order valence-electron chi connectivity index (χ1n) is 11.2. The Hall–Kier alpha value is -3.48. The summed E-state index contributed by atoms with van der Waals surface area (Å²) in [4.78, 5) is 13.9. The number of piperazine rings is 1. The highest BCUT2D eigenvalue weighted by molar-refractivity contribution is 5.80. The van der Waals surface area contributed by atoms with Crippen molar-refractivity contribution in [1.29, 1.82) is 0 Å². The summed E-state index contributed by atoms with van der Waals surface area (Å²) in [5.41, 5.74) is 4.00.